The van der Waals surface area contributed by atoms with E-state index < -0.39 is 10.4 Å². The summed E-state index contributed by atoms with van der Waals surface area (Å²) in [5.41, 5.74) is 9.69. The van der Waals surface area contributed by atoms with Gasteiger partial charge in [-0.2, -0.15) is 0 Å². The van der Waals surface area contributed by atoms with Crippen molar-refractivity contribution in [2.75, 3.05) is 13.1 Å². The molecule has 0 aromatic carbocycles. The second-order valence-corrected chi connectivity index (χ2v) is 2.04. The van der Waals surface area contributed by atoms with Gasteiger partial charge in [0.1, 0.15) is 0 Å². The first-order valence-corrected chi connectivity index (χ1v) is 4.23. The topological polar surface area (TPSA) is 132 Å². The van der Waals surface area contributed by atoms with E-state index in [1.807, 2.05) is 13.8 Å². The molecule has 4 N–H and O–H groups in total. The van der Waals surface area contributed by atoms with E-state index in [1.165, 1.54) is 0 Å². The van der Waals surface area contributed by atoms with E-state index in [2.05, 4.69) is 0 Å². The highest BCUT2D eigenvalue weighted by atomic mass is 32.3. The van der Waals surface area contributed by atoms with Crippen LogP contribution in [-0.4, -0.2) is 30.6 Å². The molecule has 0 unspecified atom stereocenters. The molecule has 0 bridgehead atoms. The van der Waals surface area contributed by atoms with Gasteiger partial charge in [-0.3, -0.25) is 8.42 Å². The van der Waals surface area contributed by atoms with Gasteiger partial charge in [0.15, 0.2) is 0 Å². The number of hydrogen-bond acceptors (Lipinski definition) is 6. The van der Waals surface area contributed by atoms with Crippen molar-refractivity contribution >= 4 is 10.4 Å². The van der Waals surface area contributed by atoms with E-state index >= 15 is 0 Å². The van der Waals surface area contributed by atoms with E-state index in [-0.39, 0.29) is 0 Å². The maximum atomic E-state index is 8.52. The van der Waals surface area contributed by atoms with Crippen LogP contribution < -0.4 is 11.5 Å². The quantitative estimate of drug-likeness (QED) is 0.353. The Labute approximate surface area is 67.2 Å². The third-order valence-corrected chi connectivity index (χ3v) is 0. The van der Waals surface area contributed by atoms with Gasteiger partial charge >= 0.3 is 0 Å². The van der Waals surface area contributed by atoms with Crippen LogP contribution in [0.15, 0.2) is 0 Å². The van der Waals surface area contributed by atoms with Gasteiger partial charge in [0.25, 0.3) is 0 Å². The minimum Gasteiger partial charge on any atom is -0.759 e. The van der Waals surface area contributed by atoms with Gasteiger partial charge in [-0.1, -0.05) is 13.8 Å². The van der Waals surface area contributed by atoms with Gasteiger partial charge in [-0.05, 0) is 13.1 Å². The molecular formula is C4H14N2O4S-2. The molecule has 0 heterocycles. The number of nitrogens with two attached hydrogens (primary N) is 2. The Hall–Kier alpha value is -0.210. The monoisotopic (exact) mass is 186 g/mol. The van der Waals surface area contributed by atoms with E-state index in [0.717, 1.165) is 13.1 Å². The summed E-state index contributed by atoms with van der Waals surface area (Å²) in [4.78, 5) is 0. The first kappa shape index (κ1) is 17.0. The van der Waals surface area contributed by atoms with Crippen LogP contribution in [0.2, 0.25) is 0 Å². The molecule has 0 aromatic heterocycles. The summed E-state index contributed by atoms with van der Waals surface area (Å²) in [5, 5.41) is 0. The van der Waals surface area contributed by atoms with E-state index in [4.69, 9.17) is 29.0 Å². The Kier molecular flexibility index (Phi) is 19.3. The molecule has 0 aliphatic heterocycles. The molecular weight excluding hydrogens is 172 g/mol. The highest BCUT2D eigenvalue weighted by Gasteiger charge is 1.49. The number of hydrogen-bond donors (Lipinski definition) is 2. The van der Waals surface area contributed by atoms with Gasteiger partial charge in [-0.25, -0.2) is 0 Å². The van der Waals surface area contributed by atoms with E-state index in [1.54, 1.807) is 0 Å². The molecule has 0 aromatic rings. The molecule has 0 radical (unpaired) electrons. The lowest BCUT2D eigenvalue weighted by molar-refractivity contribution is 0.352. The lowest BCUT2D eigenvalue weighted by Gasteiger charge is -2.06. The summed E-state index contributed by atoms with van der Waals surface area (Å²) in [5.74, 6) is 0. The smallest absolute Gasteiger partial charge is 0.0311 e. The molecule has 0 atom stereocenters. The van der Waals surface area contributed by atoms with Crippen molar-refractivity contribution < 1.29 is 17.5 Å². The summed E-state index contributed by atoms with van der Waals surface area (Å²) in [6, 6.07) is 0. The third-order valence-electron chi connectivity index (χ3n) is 0. The predicted octanol–water partition coefficient (Wildman–Crippen LogP) is -1.41. The summed E-state index contributed by atoms with van der Waals surface area (Å²) in [6.07, 6.45) is 0. The van der Waals surface area contributed by atoms with Crippen molar-refractivity contribution in [3.05, 3.63) is 0 Å². The third kappa shape index (κ3) is 13500. The Balaban J connectivity index is -0.0000000933. The van der Waals surface area contributed by atoms with Crippen molar-refractivity contribution in [3.8, 4) is 0 Å². The second kappa shape index (κ2) is 12.5. The van der Waals surface area contributed by atoms with Crippen LogP contribution in [0.3, 0.4) is 0 Å². The lowest BCUT2D eigenvalue weighted by Crippen LogP contribution is -1.91. The van der Waals surface area contributed by atoms with Crippen LogP contribution in [0.5, 0.6) is 0 Å². The Morgan fingerprint density at radius 2 is 1.09 bits per heavy atom. The van der Waals surface area contributed by atoms with Gasteiger partial charge in [0.05, 0.1) is 0 Å². The summed E-state index contributed by atoms with van der Waals surface area (Å²) < 4.78 is 34.1. The predicted molar refractivity (Wildman–Crippen MR) is 39.9 cm³/mol. The molecule has 72 valence electrons. The first-order valence-electron chi connectivity index (χ1n) is 2.90. The molecule has 0 fully saturated rings. The van der Waals surface area contributed by atoms with Gasteiger partial charge in [0.2, 0.25) is 0 Å². The van der Waals surface area contributed by atoms with E-state index in [0.29, 0.717) is 0 Å². The van der Waals surface area contributed by atoms with Crippen LogP contribution in [-0.2, 0) is 10.4 Å². The summed E-state index contributed by atoms with van der Waals surface area (Å²) in [6.45, 7) is 5.31. The molecule has 0 aliphatic carbocycles. The van der Waals surface area contributed by atoms with Crippen molar-refractivity contribution in [1.82, 2.24) is 0 Å². The Morgan fingerprint density at radius 3 is 1.09 bits per heavy atom. The highest BCUT2D eigenvalue weighted by Crippen LogP contribution is 1.57. The summed E-state index contributed by atoms with van der Waals surface area (Å²) >= 11 is 0. The maximum Gasteiger partial charge on any atom is 0.0311 e. The molecule has 0 spiro atoms. The van der Waals surface area contributed by atoms with Crippen molar-refractivity contribution in [3.63, 3.8) is 0 Å². The minimum absolute atomic E-state index is 0.750. The SMILES string of the molecule is CCN.CCN.O=S(=O)([O-])[O-]. The molecule has 0 amide bonds. The lowest BCUT2D eigenvalue weighted by atomic mass is 10.8. The number of rotatable bonds is 0. The molecule has 0 rings (SSSR count). The molecule has 0 saturated carbocycles. The molecule has 6 nitrogen and oxygen atoms in total. The van der Waals surface area contributed by atoms with Crippen molar-refractivity contribution in [2.24, 2.45) is 11.5 Å². The second-order valence-electron chi connectivity index (χ2n) is 1.22. The van der Waals surface area contributed by atoms with Crippen LogP contribution in [0.1, 0.15) is 13.8 Å². The largest absolute Gasteiger partial charge is 0.759 e. The zero-order valence-corrected chi connectivity index (χ0v) is 7.43. The Bertz CT molecular complexity index is 123. The van der Waals surface area contributed by atoms with Crippen molar-refractivity contribution in [1.29, 1.82) is 0 Å². The van der Waals surface area contributed by atoms with Crippen LogP contribution in [0.25, 0.3) is 0 Å². The van der Waals surface area contributed by atoms with Crippen LogP contribution >= 0.6 is 0 Å². The molecule has 0 aliphatic rings. The minimum atomic E-state index is -5.17. The maximum absolute atomic E-state index is 8.52. The van der Waals surface area contributed by atoms with Gasteiger partial charge < -0.3 is 20.6 Å². The summed E-state index contributed by atoms with van der Waals surface area (Å²) in [7, 11) is -5.17. The zero-order chi connectivity index (χ0) is 9.91. The highest BCUT2D eigenvalue weighted by molar-refractivity contribution is 7.79. The van der Waals surface area contributed by atoms with Gasteiger partial charge in [-0.15, -0.1) is 0 Å². The fourth-order valence-electron chi connectivity index (χ4n) is 0. The van der Waals surface area contributed by atoms with Crippen LogP contribution in [0, 0.1) is 0 Å². The first-order chi connectivity index (χ1) is 4.83. The van der Waals surface area contributed by atoms with Crippen molar-refractivity contribution in [2.45, 2.75) is 13.8 Å². The fourth-order valence-corrected chi connectivity index (χ4v) is 0. The van der Waals surface area contributed by atoms with Gasteiger partial charge in [0, 0.05) is 10.4 Å². The van der Waals surface area contributed by atoms with E-state index in [9.17, 15) is 0 Å². The average molecular weight is 186 g/mol. The fraction of sp³-hybridized carbons (Fsp3) is 1.00. The standard InChI is InChI=1S/2C2H7N.H2O4S/c2*1-2-3;1-5(2,3)4/h2*2-3H2,1H3;(H2,1,2,3,4)/p-2. The van der Waals surface area contributed by atoms with Crippen LogP contribution in [0.4, 0.5) is 0 Å². The zero-order valence-electron chi connectivity index (χ0n) is 6.61. The Morgan fingerprint density at radius 1 is 1.09 bits per heavy atom. The molecule has 7 heteroatoms. The molecule has 11 heavy (non-hydrogen) atoms. The molecule has 0 saturated heterocycles. The average Bonchev–Trinajstić information content (AvgIpc) is 1.62. The normalized spacial score (nSPS) is 8.55.